The second-order valence-electron chi connectivity index (χ2n) is 7.46. The molecule has 3 N–H and O–H groups in total. The van der Waals surface area contributed by atoms with Crippen LogP contribution >= 0.6 is 0 Å². The Hall–Kier alpha value is -1.93. The summed E-state index contributed by atoms with van der Waals surface area (Å²) < 4.78 is 13.0. The fraction of sp³-hybridized carbons (Fsp3) is 0.550. The number of nitrogens with zero attached hydrogens (tertiary/aromatic N) is 2. The second-order valence-corrected chi connectivity index (χ2v) is 7.46. The molecule has 0 spiro atoms. The summed E-state index contributed by atoms with van der Waals surface area (Å²) in [6.07, 6.45) is 3.22. The van der Waals surface area contributed by atoms with Crippen LogP contribution in [0.3, 0.4) is 0 Å². The van der Waals surface area contributed by atoms with Crippen LogP contribution in [-0.2, 0) is 20.8 Å². The molecular formula is C20H28N4O3. The molecule has 7 nitrogen and oxygen atoms in total. The van der Waals surface area contributed by atoms with Gasteiger partial charge in [0.15, 0.2) is 0 Å². The molecule has 0 aliphatic carbocycles. The Kier molecular flexibility index (Phi) is 5.45. The molecule has 0 saturated carbocycles. The number of hydrogen-bond donors (Lipinski definition) is 2. The van der Waals surface area contributed by atoms with E-state index in [0.29, 0.717) is 26.1 Å². The number of rotatable bonds is 5. The summed E-state index contributed by atoms with van der Waals surface area (Å²) in [7, 11) is 0. The highest BCUT2D eigenvalue weighted by atomic mass is 16.5. The van der Waals surface area contributed by atoms with E-state index in [1.165, 1.54) is 5.52 Å². The Labute approximate surface area is 159 Å². The van der Waals surface area contributed by atoms with Gasteiger partial charge in [-0.3, -0.25) is 9.69 Å². The highest BCUT2D eigenvalue weighted by molar-refractivity contribution is 5.99. The number of benzene rings is 1. The quantitative estimate of drug-likeness (QED) is 0.830. The maximum absolute atomic E-state index is 12.6. The number of hydrogen-bond acceptors (Lipinski definition) is 5. The molecule has 4 rings (SSSR count). The van der Waals surface area contributed by atoms with Crippen molar-refractivity contribution in [3.05, 3.63) is 30.5 Å². The molecule has 27 heavy (non-hydrogen) atoms. The van der Waals surface area contributed by atoms with E-state index in [4.69, 9.17) is 15.2 Å². The van der Waals surface area contributed by atoms with Gasteiger partial charge in [-0.05, 0) is 37.1 Å². The molecule has 0 radical (unpaired) electrons. The first-order chi connectivity index (χ1) is 13.1. The maximum Gasteiger partial charge on any atom is 0.244 e. The van der Waals surface area contributed by atoms with Crippen molar-refractivity contribution in [2.24, 2.45) is 5.73 Å². The monoisotopic (exact) mass is 372 g/mol. The van der Waals surface area contributed by atoms with E-state index < -0.39 is 5.54 Å². The minimum atomic E-state index is -0.836. The van der Waals surface area contributed by atoms with Crippen LogP contribution in [0, 0.1) is 0 Å². The maximum atomic E-state index is 12.6. The molecule has 146 valence electrons. The van der Waals surface area contributed by atoms with Crippen molar-refractivity contribution >= 4 is 22.5 Å². The molecule has 7 heteroatoms. The van der Waals surface area contributed by atoms with Crippen LogP contribution < -0.4 is 11.1 Å². The van der Waals surface area contributed by atoms with Crippen LogP contribution in [0.2, 0.25) is 0 Å². The predicted molar refractivity (Wildman–Crippen MR) is 105 cm³/mol. The first-order valence-corrected chi connectivity index (χ1v) is 9.71. The fourth-order valence-electron chi connectivity index (χ4n) is 3.77. The molecule has 1 aromatic heterocycles. The number of nitrogens with one attached hydrogen (secondary N) is 1. The van der Waals surface area contributed by atoms with Crippen molar-refractivity contribution in [3.8, 4) is 0 Å². The second kappa shape index (κ2) is 7.98. The van der Waals surface area contributed by atoms with Gasteiger partial charge in [0.05, 0.1) is 13.2 Å². The summed E-state index contributed by atoms with van der Waals surface area (Å²) in [6, 6.07) is 8.13. The van der Waals surface area contributed by atoms with Crippen molar-refractivity contribution in [2.75, 3.05) is 51.4 Å². The van der Waals surface area contributed by atoms with Crippen molar-refractivity contribution < 1.29 is 14.3 Å². The Morgan fingerprint density at radius 3 is 2.59 bits per heavy atom. The molecular weight excluding hydrogens is 344 g/mol. The van der Waals surface area contributed by atoms with Crippen LogP contribution in [-0.4, -0.2) is 67.0 Å². The van der Waals surface area contributed by atoms with Gasteiger partial charge in [0.25, 0.3) is 0 Å². The van der Waals surface area contributed by atoms with Crippen molar-refractivity contribution in [2.45, 2.75) is 24.9 Å². The minimum absolute atomic E-state index is 0.128. The predicted octanol–water partition coefficient (Wildman–Crippen LogP) is 1.42. The Morgan fingerprint density at radius 1 is 1.07 bits per heavy atom. The number of carbonyl (C=O) groups excluding carboxylic acids is 1. The lowest BCUT2D eigenvalue weighted by Gasteiger charge is -2.31. The summed E-state index contributed by atoms with van der Waals surface area (Å²) in [5.74, 6) is -0.128. The van der Waals surface area contributed by atoms with Crippen LogP contribution in [0.15, 0.2) is 30.5 Å². The third-order valence-electron chi connectivity index (χ3n) is 5.63. The number of carbonyl (C=O) groups is 1. The van der Waals surface area contributed by atoms with Crippen molar-refractivity contribution in [3.63, 3.8) is 0 Å². The lowest BCUT2D eigenvalue weighted by atomic mass is 9.90. The highest BCUT2D eigenvalue weighted by Crippen LogP contribution is 2.24. The van der Waals surface area contributed by atoms with Crippen LogP contribution in [0.5, 0.6) is 0 Å². The third-order valence-corrected chi connectivity index (χ3v) is 5.63. The molecule has 0 bridgehead atoms. The molecule has 0 unspecified atom stereocenters. The van der Waals surface area contributed by atoms with Gasteiger partial charge >= 0.3 is 0 Å². The van der Waals surface area contributed by atoms with E-state index in [9.17, 15) is 4.79 Å². The zero-order chi connectivity index (χ0) is 18.7. The van der Waals surface area contributed by atoms with Crippen LogP contribution in [0.1, 0.15) is 12.8 Å². The lowest BCUT2D eigenvalue weighted by Crippen LogP contribution is -2.54. The largest absolute Gasteiger partial charge is 0.381 e. The molecule has 2 fully saturated rings. The van der Waals surface area contributed by atoms with E-state index in [1.807, 2.05) is 12.1 Å². The SMILES string of the molecule is NC1(C(=O)Nc2ccc3c(ccn3CCN3CCOCC3)c2)CCOCC1. The normalized spacial score (nSPS) is 20.6. The molecule has 1 aromatic carbocycles. The molecule has 3 heterocycles. The average molecular weight is 372 g/mol. The molecule has 2 saturated heterocycles. The van der Waals surface area contributed by atoms with E-state index in [-0.39, 0.29) is 5.91 Å². The van der Waals surface area contributed by atoms with Crippen molar-refractivity contribution in [1.29, 1.82) is 0 Å². The van der Waals surface area contributed by atoms with Gasteiger partial charge in [0, 0.05) is 62.2 Å². The van der Waals surface area contributed by atoms with Gasteiger partial charge in [0.1, 0.15) is 5.54 Å². The number of anilines is 1. The molecule has 1 amide bonds. The summed E-state index contributed by atoms with van der Waals surface area (Å²) in [6.45, 7) is 6.69. The number of aromatic nitrogens is 1. The standard InChI is InChI=1S/C20H28N4O3/c21-20(4-11-26-12-5-20)19(25)22-17-1-2-18-16(15-17)3-6-24(18)8-7-23-9-13-27-14-10-23/h1-3,6,15H,4-5,7-14,21H2,(H,22,25). The summed E-state index contributed by atoms with van der Waals surface area (Å²) in [5, 5.41) is 4.10. The average Bonchev–Trinajstić information content (AvgIpc) is 3.10. The number of morpholine rings is 1. The third kappa shape index (κ3) is 4.16. The van der Waals surface area contributed by atoms with E-state index in [2.05, 4.69) is 33.1 Å². The first-order valence-electron chi connectivity index (χ1n) is 9.71. The van der Waals surface area contributed by atoms with Gasteiger partial charge in [-0.1, -0.05) is 0 Å². The van der Waals surface area contributed by atoms with E-state index >= 15 is 0 Å². The highest BCUT2D eigenvalue weighted by Gasteiger charge is 2.35. The van der Waals surface area contributed by atoms with Crippen LogP contribution in [0.4, 0.5) is 5.69 Å². The zero-order valence-electron chi connectivity index (χ0n) is 15.7. The molecule has 0 atom stereocenters. The van der Waals surface area contributed by atoms with Gasteiger partial charge in [-0.15, -0.1) is 0 Å². The van der Waals surface area contributed by atoms with E-state index in [1.54, 1.807) is 0 Å². The number of ether oxygens (including phenoxy) is 2. The van der Waals surface area contributed by atoms with Crippen LogP contribution in [0.25, 0.3) is 10.9 Å². The number of amides is 1. The summed E-state index contributed by atoms with van der Waals surface area (Å²) >= 11 is 0. The van der Waals surface area contributed by atoms with Crippen molar-refractivity contribution in [1.82, 2.24) is 9.47 Å². The Balaban J connectivity index is 1.41. The zero-order valence-corrected chi connectivity index (χ0v) is 15.7. The Bertz CT molecular complexity index is 792. The topological polar surface area (TPSA) is 81.8 Å². The van der Waals surface area contributed by atoms with E-state index in [0.717, 1.165) is 50.5 Å². The minimum Gasteiger partial charge on any atom is -0.381 e. The first kappa shape index (κ1) is 18.4. The molecule has 2 aromatic rings. The van der Waals surface area contributed by atoms with Gasteiger partial charge in [0.2, 0.25) is 5.91 Å². The fourth-order valence-corrected chi connectivity index (χ4v) is 3.77. The Morgan fingerprint density at radius 2 is 1.81 bits per heavy atom. The van der Waals surface area contributed by atoms with Gasteiger partial charge < -0.3 is 25.1 Å². The van der Waals surface area contributed by atoms with Gasteiger partial charge in [-0.25, -0.2) is 0 Å². The number of fused-ring (bicyclic) bond motifs is 1. The summed E-state index contributed by atoms with van der Waals surface area (Å²) in [4.78, 5) is 15.0. The number of nitrogens with two attached hydrogens (primary N) is 1. The van der Waals surface area contributed by atoms with Gasteiger partial charge in [-0.2, -0.15) is 0 Å². The smallest absolute Gasteiger partial charge is 0.244 e. The molecule has 2 aliphatic heterocycles. The summed E-state index contributed by atoms with van der Waals surface area (Å²) in [5.41, 5.74) is 7.39. The lowest BCUT2D eigenvalue weighted by molar-refractivity contribution is -0.124. The molecule has 2 aliphatic rings.